The number of morpholine rings is 1. The lowest BCUT2D eigenvalue weighted by molar-refractivity contribution is -0.143. The maximum absolute atomic E-state index is 12.5. The van der Waals surface area contributed by atoms with Crippen LogP contribution in [0.25, 0.3) is 0 Å². The lowest BCUT2D eigenvalue weighted by Crippen LogP contribution is -2.51. The van der Waals surface area contributed by atoms with Crippen LogP contribution in [0.15, 0.2) is 24.3 Å². The summed E-state index contributed by atoms with van der Waals surface area (Å²) in [6.45, 7) is 1.26. The summed E-state index contributed by atoms with van der Waals surface area (Å²) in [7, 11) is 0. The highest BCUT2D eigenvalue weighted by Crippen LogP contribution is 2.30. The summed E-state index contributed by atoms with van der Waals surface area (Å²) in [6, 6.07) is 7.11. The zero-order valence-electron chi connectivity index (χ0n) is 12.5. The number of aromatic carboxylic acids is 1. The number of carbonyl (C=O) groups excluding carboxylic acids is 1. The van der Waals surface area contributed by atoms with Gasteiger partial charge < -0.3 is 14.7 Å². The molecule has 5 nitrogen and oxygen atoms in total. The average Bonchev–Trinajstić information content (AvgIpc) is 3.01. The highest BCUT2D eigenvalue weighted by atomic mass is 16.5. The molecule has 2 atom stereocenters. The molecule has 1 aliphatic carbocycles. The van der Waals surface area contributed by atoms with E-state index in [-0.39, 0.29) is 23.6 Å². The number of benzene rings is 1. The molecule has 1 aromatic carbocycles. The van der Waals surface area contributed by atoms with Crippen LogP contribution in [0.3, 0.4) is 0 Å². The van der Waals surface area contributed by atoms with Crippen LogP contribution < -0.4 is 0 Å². The number of hydrogen-bond acceptors (Lipinski definition) is 3. The molecule has 0 spiro atoms. The van der Waals surface area contributed by atoms with Gasteiger partial charge in [0, 0.05) is 13.0 Å². The molecule has 0 bridgehead atoms. The Morgan fingerprint density at radius 1 is 1.27 bits per heavy atom. The van der Waals surface area contributed by atoms with Crippen molar-refractivity contribution in [1.82, 2.24) is 4.90 Å². The molecule has 1 amide bonds. The van der Waals surface area contributed by atoms with Crippen LogP contribution in [0.2, 0.25) is 0 Å². The highest BCUT2D eigenvalue weighted by Gasteiger charge is 2.38. The van der Waals surface area contributed by atoms with Crippen molar-refractivity contribution >= 4 is 11.9 Å². The fourth-order valence-electron chi connectivity index (χ4n) is 3.57. The van der Waals surface area contributed by atoms with Gasteiger partial charge in [0.05, 0.1) is 24.3 Å². The van der Waals surface area contributed by atoms with Crippen molar-refractivity contribution in [1.29, 1.82) is 0 Å². The van der Waals surface area contributed by atoms with E-state index in [2.05, 4.69) is 0 Å². The number of carboxylic acids is 1. The summed E-state index contributed by atoms with van der Waals surface area (Å²) in [5, 5.41) is 9.19. The van der Waals surface area contributed by atoms with Gasteiger partial charge in [-0.2, -0.15) is 0 Å². The van der Waals surface area contributed by atoms with Gasteiger partial charge in [0.25, 0.3) is 0 Å². The third kappa shape index (κ3) is 2.99. The minimum absolute atomic E-state index is 0.111. The van der Waals surface area contributed by atoms with Crippen molar-refractivity contribution in [2.24, 2.45) is 0 Å². The van der Waals surface area contributed by atoms with E-state index >= 15 is 0 Å². The van der Waals surface area contributed by atoms with E-state index in [0.717, 1.165) is 24.8 Å². The monoisotopic (exact) mass is 303 g/mol. The Kier molecular flexibility index (Phi) is 4.43. The number of carboxylic acid groups (broad SMARTS) is 1. The van der Waals surface area contributed by atoms with E-state index in [4.69, 9.17) is 4.74 Å². The highest BCUT2D eigenvalue weighted by molar-refractivity contribution is 5.89. The summed E-state index contributed by atoms with van der Waals surface area (Å²) in [5.41, 5.74) is 1.01. The normalized spacial score (nSPS) is 24.1. The van der Waals surface area contributed by atoms with Crippen LogP contribution in [0, 0.1) is 0 Å². The van der Waals surface area contributed by atoms with Gasteiger partial charge in [-0.25, -0.2) is 4.79 Å². The topological polar surface area (TPSA) is 66.8 Å². The summed E-state index contributed by atoms with van der Waals surface area (Å²) in [4.78, 5) is 25.7. The number of nitrogens with zero attached hydrogens (tertiary/aromatic N) is 1. The average molecular weight is 303 g/mol. The number of aryl methyl sites for hydroxylation is 1. The van der Waals surface area contributed by atoms with Gasteiger partial charge >= 0.3 is 5.97 Å². The minimum Gasteiger partial charge on any atom is -0.478 e. The minimum atomic E-state index is -0.940. The fraction of sp³-hybridized carbons (Fsp3) is 0.529. The molecule has 2 fully saturated rings. The molecule has 0 radical (unpaired) electrons. The molecule has 1 aliphatic heterocycles. The quantitative estimate of drug-likeness (QED) is 0.925. The first kappa shape index (κ1) is 15.0. The van der Waals surface area contributed by atoms with Crippen LogP contribution >= 0.6 is 0 Å². The van der Waals surface area contributed by atoms with Crippen LogP contribution in [-0.4, -0.2) is 47.2 Å². The molecular weight excluding hydrogens is 282 g/mol. The maximum atomic E-state index is 12.5. The molecule has 118 valence electrons. The SMILES string of the molecule is O=C(O)c1ccccc1CCC(=O)N1CCOC2CCCC21. The van der Waals surface area contributed by atoms with Gasteiger partial charge in [0.1, 0.15) is 0 Å². The molecule has 0 aromatic heterocycles. The molecule has 22 heavy (non-hydrogen) atoms. The first-order chi connectivity index (χ1) is 10.7. The third-order valence-electron chi connectivity index (χ3n) is 4.66. The molecule has 1 aromatic rings. The second kappa shape index (κ2) is 6.48. The number of rotatable bonds is 4. The molecule has 1 saturated carbocycles. The van der Waals surface area contributed by atoms with Crippen molar-refractivity contribution in [3.8, 4) is 0 Å². The Labute approximate surface area is 129 Å². The van der Waals surface area contributed by atoms with Gasteiger partial charge in [-0.3, -0.25) is 4.79 Å². The smallest absolute Gasteiger partial charge is 0.335 e. The molecule has 1 heterocycles. The van der Waals surface area contributed by atoms with Gasteiger partial charge in [0.15, 0.2) is 0 Å². The zero-order chi connectivity index (χ0) is 15.5. The van der Waals surface area contributed by atoms with Crippen LogP contribution in [0.1, 0.15) is 41.6 Å². The van der Waals surface area contributed by atoms with Crippen molar-refractivity contribution in [2.45, 2.75) is 44.2 Å². The van der Waals surface area contributed by atoms with Crippen LogP contribution in [0.5, 0.6) is 0 Å². The Bertz CT molecular complexity index is 572. The molecule has 5 heteroatoms. The number of fused-ring (bicyclic) bond motifs is 1. The van der Waals surface area contributed by atoms with Gasteiger partial charge in [0.2, 0.25) is 5.91 Å². The van der Waals surface area contributed by atoms with Crippen molar-refractivity contribution in [3.63, 3.8) is 0 Å². The molecule has 1 saturated heterocycles. The van der Waals surface area contributed by atoms with E-state index in [1.165, 1.54) is 0 Å². The Morgan fingerprint density at radius 2 is 2.09 bits per heavy atom. The van der Waals surface area contributed by atoms with Crippen LogP contribution in [0.4, 0.5) is 0 Å². The molecule has 1 N–H and O–H groups in total. The molecule has 2 aliphatic rings. The largest absolute Gasteiger partial charge is 0.478 e. The Morgan fingerprint density at radius 3 is 2.91 bits per heavy atom. The number of carbonyl (C=O) groups is 2. The van der Waals surface area contributed by atoms with Crippen LogP contribution in [-0.2, 0) is 16.0 Å². The first-order valence-electron chi connectivity index (χ1n) is 7.89. The predicted molar refractivity (Wildman–Crippen MR) is 80.8 cm³/mol. The molecule has 3 rings (SSSR count). The van der Waals surface area contributed by atoms with Crippen molar-refractivity contribution in [2.75, 3.05) is 13.2 Å². The zero-order valence-corrected chi connectivity index (χ0v) is 12.5. The maximum Gasteiger partial charge on any atom is 0.335 e. The van der Waals surface area contributed by atoms with Gasteiger partial charge in [-0.05, 0) is 37.3 Å². The fourth-order valence-corrected chi connectivity index (χ4v) is 3.57. The second-order valence-electron chi connectivity index (χ2n) is 5.96. The van der Waals surface area contributed by atoms with E-state index < -0.39 is 5.97 Å². The van der Waals surface area contributed by atoms with E-state index in [1.807, 2.05) is 11.0 Å². The number of amides is 1. The standard InChI is InChI=1S/C17H21NO4/c19-16(18-10-11-22-15-7-3-6-14(15)18)9-8-12-4-1-2-5-13(12)17(20)21/h1-2,4-5,14-15H,3,6-11H2,(H,20,21). The second-order valence-corrected chi connectivity index (χ2v) is 5.96. The summed E-state index contributed by atoms with van der Waals surface area (Å²) in [6.07, 6.45) is 4.19. The molecule has 2 unspecified atom stereocenters. The summed E-state index contributed by atoms with van der Waals surface area (Å²) >= 11 is 0. The lowest BCUT2D eigenvalue weighted by atomic mass is 10.0. The Hall–Kier alpha value is -1.88. The molecular formula is C17H21NO4. The van der Waals surface area contributed by atoms with E-state index in [1.54, 1.807) is 18.2 Å². The number of ether oxygens (including phenoxy) is 1. The van der Waals surface area contributed by atoms with Gasteiger partial charge in [-0.1, -0.05) is 18.2 Å². The van der Waals surface area contributed by atoms with E-state index in [0.29, 0.717) is 26.0 Å². The first-order valence-corrected chi connectivity index (χ1v) is 7.89. The Balaban J connectivity index is 1.64. The number of hydrogen-bond donors (Lipinski definition) is 1. The van der Waals surface area contributed by atoms with Crippen molar-refractivity contribution in [3.05, 3.63) is 35.4 Å². The lowest BCUT2D eigenvalue weighted by Gasteiger charge is -2.37. The van der Waals surface area contributed by atoms with Crippen molar-refractivity contribution < 1.29 is 19.4 Å². The van der Waals surface area contributed by atoms with E-state index in [9.17, 15) is 14.7 Å². The third-order valence-corrected chi connectivity index (χ3v) is 4.66. The summed E-state index contributed by atoms with van der Waals surface area (Å²) in [5.74, 6) is -0.828. The summed E-state index contributed by atoms with van der Waals surface area (Å²) < 4.78 is 5.72. The predicted octanol–water partition coefficient (Wildman–Crippen LogP) is 2.10. The van der Waals surface area contributed by atoms with Gasteiger partial charge in [-0.15, -0.1) is 0 Å².